The third-order valence-corrected chi connectivity index (χ3v) is 6.77. The van der Waals surface area contributed by atoms with Gasteiger partial charge in [0.05, 0.1) is 15.0 Å². The molecule has 148 valence electrons. The molecule has 1 unspecified atom stereocenters. The first-order chi connectivity index (χ1) is 13.0. The second-order valence-electron chi connectivity index (χ2n) is 6.69. The van der Waals surface area contributed by atoms with Crippen molar-refractivity contribution in [2.24, 2.45) is 16.5 Å². The van der Waals surface area contributed by atoms with Gasteiger partial charge in [-0.3, -0.25) is 4.90 Å². The maximum atomic E-state index is 6.30. The summed E-state index contributed by atoms with van der Waals surface area (Å²) in [6, 6.07) is 5.58. The second kappa shape index (κ2) is 9.49. The number of amidine groups is 1. The second-order valence-corrected chi connectivity index (χ2v) is 8.56. The van der Waals surface area contributed by atoms with Gasteiger partial charge in [-0.05, 0) is 31.6 Å². The first-order valence-corrected chi connectivity index (χ1v) is 10.6. The molecule has 1 fully saturated rings. The van der Waals surface area contributed by atoms with Gasteiger partial charge in [-0.25, -0.2) is 4.99 Å². The van der Waals surface area contributed by atoms with Crippen molar-refractivity contribution in [3.8, 4) is 0 Å². The van der Waals surface area contributed by atoms with Crippen molar-refractivity contribution in [2.45, 2.75) is 17.6 Å². The average molecular weight is 429 g/mol. The Balaban J connectivity index is 1.63. The van der Waals surface area contributed by atoms with Crippen LogP contribution in [0.5, 0.6) is 0 Å². The van der Waals surface area contributed by atoms with E-state index >= 15 is 0 Å². The molecule has 2 aliphatic rings. The third kappa shape index (κ3) is 5.10. The third-order valence-electron chi connectivity index (χ3n) is 4.74. The summed E-state index contributed by atoms with van der Waals surface area (Å²) in [5.74, 6) is 0.532. The number of nitrogens with zero attached hydrogens (tertiary/aromatic N) is 4. The van der Waals surface area contributed by atoms with Gasteiger partial charge in [0, 0.05) is 44.3 Å². The van der Waals surface area contributed by atoms with Crippen LogP contribution in [-0.2, 0) is 0 Å². The number of hydrogen-bond acceptors (Lipinski definition) is 7. The maximum Gasteiger partial charge on any atom is 0.180 e. The summed E-state index contributed by atoms with van der Waals surface area (Å²) in [6.07, 6.45) is 3.01. The lowest BCUT2D eigenvalue weighted by Crippen LogP contribution is -2.55. The Kier molecular flexibility index (Phi) is 7.30. The van der Waals surface area contributed by atoms with Crippen LogP contribution in [0.4, 0.5) is 0 Å². The maximum absolute atomic E-state index is 6.30. The number of hydrogen-bond donors (Lipinski definition) is 2. The minimum atomic E-state index is -0.0687. The first-order valence-electron chi connectivity index (χ1n) is 9.05. The van der Waals surface area contributed by atoms with E-state index in [-0.39, 0.29) is 6.29 Å². The van der Waals surface area contributed by atoms with Crippen LogP contribution in [0.1, 0.15) is 6.42 Å². The fraction of sp³-hybridized carbons (Fsp3) is 0.500. The molecule has 1 aromatic carbocycles. The van der Waals surface area contributed by atoms with Crippen LogP contribution in [0.2, 0.25) is 10.0 Å². The number of thioether (sulfide) groups is 1. The van der Waals surface area contributed by atoms with Gasteiger partial charge in [0.2, 0.25) is 0 Å². The highest BCUT2D eigenvalue weighted by Crippen LogP contribution is 2.37. The number of benzene rings is 1. The predicted octanol–water partition coefficient (Wildman–Crippen LogP) is 2.48. The van der Waals surface area contributed by atoms with Gasteiger partial charge >= 0.3 is 0 Å². The Morgan fingerprint density at radius 3 is 2.67 bits per heavy atom. The Hall–Kier alpha value is -0.960. The normalized spacial score (nSPS) is 21.9. The molecule has 0 bridgehead atoms. The molecule has 0 saturated carbocycles. The summed E-state index contributed by atoms with van der Waals surface area (Å²) < 4.78 is 0. The lowest BCUT2D eigenvalue weighted by Gasteiger charge is -2.42. The molecule has 6 nitrogen and oxygen atoms in total. The molecule has 0 aromatic heterocycles. The van der Waals surface area contributed by atoms with E-state index in [0.717, 1.165) is 55.5 Å². The topological polar surface area (TPSA) is 74.1 Å². The van der Waals surface area contributed by atoms with E-state index in [1.807, 2.05) is 25.4 Å². The van der Waals surface area contributed by atoms with Gasteiger partial charge in [0.15, 0.2) is 6.29 Å². The zero-order chi connectivity index (χ0) is 19.4. The lowest BCUT2D eigenvalue weighted by atomic mass is 10.3. The Morgan fingerprint density at radius 2 is 1.96 bits per heavy atom. The molecule has 2 heterocycles. The van der Waals surface area contributed by atoms with E-state index in [4.69, 9.17) is 39.7 Å². The number of aliphatic imine (C=N–C) groups is 1. The highest BCUT2D eigenvalue weighted by Gasteiger charge is 2.29. The Bertz CT molecular complexity index is 718. The lowest BCUT2D eigenvalue weighted by molar-refractivity contribution is 0.0436. The molecular weight excluding hydrogens is 403 g/mol. The van der Waals surface area contributed by atoms with E-state index in [2.05, 4.69) is 14.7 Å². The van der Waals surface area contributed by atoms with Crippen molar-refractivity contribution in [1.82, 2.24) is 14.7 Å². The number of piperazine rings is 1. The largest absolute Gasteiger partial charge is 0.383 e. The van der Waals surface area contributed by atoms with Crippen LogP contribution >= 0.6 is 35.0 Å². The molecule has 27 heavy (non-hydrogen) atoms. The molecule has 9 heteroatoms. The molecule has 0 spiro atoms. The van der Waals surface area contributed by atoms with Crippen molar-refractivity contribution in [3.05, 3.63) is 39.3 Å². The molecule has 0 radical (unpaired) electrons. The quantitative estimate of drug-likeness (QED) is 0.724. The molecule has 1 aromatic rings. The van der Waals surface area contributed by atoms with Crippen molar-refractivity contribution in [3.63, 3.8) is 0 Å². The fourth-order valence-corrected chi connectivity index (χ4v) is 4.66. The van der Waals surface area contributed by atoms with Crippen LogP contribution in [0.25, 0.3) is 0 Å². The highest BCUT2D eigenvalue weighted by atomic mass is 35.5. The van der Waals surface area contributed by atoms with E-state index in [1.165, 1.54) is 11.8 Å². The zero-order valence-corrected chi connectivity index (χ0v) is 17.8. The van der Waals surface area contributed by atoms with Crippen LogP contribution in [0.3, 0.4) is 0 Å². The molecule has 0 amide bonds. The average Bonchev–Trinajstić information content (AvgIpc) is 2.67. The van der Waals surface area contributed by atoms with Gasteiger partial charge < -0.3 is 21.3 Å². The zero-order valence-electron chi connectivity index (χ0n) is 15.4. The van der Waals surface area contributed by atoms with Gasteiger partial charge in [-0.1, -0.05) is 41.0 Å². The van der Waals surface area contributed by atoms with Crippen molar-refractivity contribution in [2.75, 3.05) is 46.3 Å². The molecule has 0 aliphatic carbocycles. The van der Waals surface area contributed by atoms with Gasteiger partial charge in [0.25, 0.3) is 0 Å². The van der Waals surface area contributed by atoms with Crippen molar-refractivity contribution >= 4 is 40.8 Å². The number of halogens is 2. The molecule has 3 rings (SSSR count). The summed E-state index contributed by atoms with van der Waals surface area (Å²) >= 11 is 13.9. The SMILES string of the molecule is CN1C=C(Sc2cccc(Cl)c2Cl)C(N)=NC1N1CCN(CCCN)CC1. The van der Waals surface area contributed by atoms with Crippen LogP contribution in [-0.4, -0.2) is 73.1 Å². The Morgan fingerprint density at radius 1 is 1.22 bits per heavy atom. The van der Waals surface area contributed by atoms with Crippen LogP contribution in [0, 0.1) is 0 Å². The number of rotatable bonds is 6. The van der Waals surface area contributed by atoms with Gasteiger partial charge in [0.1, 0.15) is 5.84 Å². The summed E-state index contributed by atoms with van der Waals surface area (Å²) in [5, 5.41) is 1.07. The molecule has 2 aliphatic heterocycles. The standard InChI is InChI=1S/C18H26Cl2N6S/c1-24-12-15(27-14-5-2-4-13(19)16(14)20)17(22)23-18(24)26-10-8-25(9-11-26)7-3-6-21/h2,4-5,12,18H,3,6-11,21H2,1H3,(H2,22,23). The van der Waals surface area contributed by atoms with Crippen LogP contribution in [0.15, 0.2) is 39.2 Å². The summed E-state index contributed by atoms with van der Waals surface area (Å²) in [4.78, 5) is 13.4. The molecule has 1 saturated heterocycles. The summed E-state index contributed by atoms with van der Waals surface area (Å²) in [5.41, 5.74) is 11.9. The molecular formula is C18H26Cl2N6S. The summed E-state index contributed by atoms with van der Waals surface area (Å²) in [7, 11) is 2.03. The predicted molar refractivity (Wildman–Crippen MR) is 115 cm³/mol. The summed E-state index contributed by atoms with van der Waals surface area (Å²) in [6.45, 7) is 5.80. The van der Waals surface area contributed by atoms with E-state index in [0.29, 0.717) is 15.9 Å². The first kappa shape index (κ1) is 20.8. The van der Waals surface area contributed by atoms with Gasteiger partial charge in [-0.2, -0.15) is 0 Å². The molecule has 4 N–H and O–H groups in total. The Labute approximate surface area is 175 Å². The minimum Gasteiger partial charge on any atom is -0.383 e. The minimum absolute atomic E-state index is 0.0687. The monoisotopic (exact) mass is 428 g/mol. The van der Waals surface area contributed by atoms with E-state index < -0.39 is 0 Å². The van der Waals surface area contributed by atoms with Crippen molar-refractivity contribution < 1.29 is 0 Å². The van der Waals surface area contributed by atoms with E-state index in [1.54, 1.807) is 6.07 Å². The highest BCUT2D eigenvalue weighted by molar-refractivity contribution is 8.04. The smallest absolute Gasteiger partial charge is 0.180 e. The van der Waals surface area contributed by atoms with Crippen LogP contribution < -0.4 is 11.5 Å². The van der Waals surface area contributed by atoms with Gasteiger partial charge in [-0.15, -0.1) is 0 Å². The fourth-order valence-electron chi connectivity index (χ4n) is 3.23. The molecule has 1 atom stereocenters. The van der Waals surface area contributed by atoms with Crippen molar-refractivity contribution in [1.29, 1.82) is 0 Å². The van der Waals surface area contributed by atoms with E-state index in [9.17, 15) is 0 Å². The number of nitrogens with two attached hydrogens (primary N) is 2.